The third-order valence-corrected chi connectivity index (χ3v) is 4.33. The van der Waals surface area contributed by atoms with Gasteiger partial charge in [0.05, 0.1) is 0 Å². The zero-order chi connectivity index (χ0) is 15.2. The number of guanidine groups is 1. The number of aryl methyl sites for hydroxylation is 1. The Balaban J connectivity index is 1.79. The van der Waals surface area contributed by atoms with E-state index in [0.717, 1.165) is 24.0 Å². The molecule has 0 amide bonds. The van der Waals surface area contributed by atoms with Gasteiger partial charge < -0.3 is 5.73 Å². The van der Waals surface area contributed by atoms with E-state index in [-0.39, 0.29) is 0 Å². The Labute approximate surface area is 128 Å². The molecule has 1 aliphatic carbocycles. The van der Waals surface area contributed by atoms with E-state index in [1.165, 1.54) is 11.1 Å². The van der Waals surface area contributed by atoms with Crippen molar-refractivity contribution < 1.29 is 4.84 Å². The highest BCUT2D eigenvalue weighted by molar-refractivity contribution is 5.78. The minimum atomic E-state index is -0.572. The van der Waals surface area contributed by atoms with Gasteiger partial charge in [0.1, 0.15) is 6.33 Å². The summed E-state index contributed by atoms with van der Waals surface area (Å²) in [6.45, 7) is 0. The summed E-state index contributed by atoms with van der Waals surface area (Å²) >= 11 is 0. The molecule has 1 unspecified atom stereocenters. The maximum Gasteiger partial charge on any atom is 0.218 e. The van der Waals surface area contributed by atoms with Crippen molar-refractivity contribution in [2.45, 2.75) is 25.0 Å². The summed E-state index contributed by atoms with van der Waals surface area (Å²) in [6.07, 6.45) is 7.67. The first-order chi connectivity index (χ1) is 10.7. The molecule has 4 rings (SSSR count). The third-order valence-electron chi connectivity index (χ3n) is 4.33. The summed E-state index contributed by atoms with van der Waals surface area (Å²) < 4.78 is 0. The number of hydrogen-bond donors (Lipinski definition) is 1. The topological polar surface area (TPSA) is 76.6 Å². The van der Waals surface area contributed by atoms with E-state index in [1.54, 1.807) is 18.4 Å². The molecular weight excluding hydrogens is 278 g/mol. The van der Waals surface area contributed by atoms with Crippen molar-refractivity contribution in [3.05, 3.63) is 48.0 Å². The fraction of sp³-hybridized carbons (Fsp3) is 0.312. The molecule has 0 saturated heterocycles. The van der Waals surface area contributed by atoms with Gasteiger partial charge in [-0.3, -0.25) is 0 Å². The maximum atomic E-state index is 5.92. The number of fused-ring (bicyclic) bond motifs is 1. The highest BCUT2D eigenvalue weighted by Crippen LogP contribution is 2.39. The Bertz CT molecular complexity index is 745. The van der Waals surface area contributed by atoms with Crippen LogP contribution in [-0.2, 0) is 17.7 Å². The number of rotatable bonds is 1. The summed E-state index contributed by atoms with van der Waals surface area (Å²) in [7, 11) is 1.79. The Morgan fingerprint density at radius 1 is 1.27 bits per heavy atom. The van der Waals surface area contributed by atoms with Crippen molar-refractivity contribution >= 4 is 5.96 Å². The Hall–Kier alpha value is -2.47. The zero-order valence-corrected chi connectivity index (χ0v) is 12.4. The highest BCUT2D eigenvalue weighted by atomic mass is 16.7. The number of hydrogen-bond acceptors (Lipinski definition) is 6. The molecule has 2 aromatic rings. The Morgan fingerprint density at radius 2 is 2.09 bits per heavy atom. The third kappa shape index (κ3) is 2.03. The summed E-state index contributed by atoms with van der Waals surface area (Å²) in [5.41, 5.74) is 10.0. The van der Waals surface area contributed by atoms with Crippen LogP contribution in [-0.4, -0.2) is 33.8 Å². The molecule has 22 heavy (non-hydrogen) atoms. The number of benzene rings is 1. The molecule has 0 bridgehead atoms. The highest BCUT2D eigenvalue weighted by Gasteiger charge is 2.42. The first-order valence-electron chi connectivity index (χ1n) is 7.31. The standard InChI is InChI=1S/C16H17N5O/c1-21-15(17)20-16(22-21)6-5-11-3-2-4-13(14(11)7-16)12-8-18-10-19-9-12/h2-4,8-10H,5-7H2,1H3,(H2,17,20). The van der Waals surface area contributed by atoms with Crippen LogP contribution in [0.5, 0.6) is 0 Å². The molecule has 6 heteroatoms. The predicted molar refractivity (Wildman–Crippen MR) is 82.7 cm³/mol. The number of aromatic nitrogens is 2. The van der Waals surface area contributed by atoms with Crippen LogP contribution in [0.2, 0.25) is 0 Å². The van der Waals surface area contributed by atoms with E-state index < -0.39 is 5.72 Å². The van der Waals surface area contributed by atoms with Crippen LogP contribution in [0.3, 0.4) is 0 Å². The Kier molecular flexibility index (Phi) is 2.87. The summed E-state index contributed by atoms with van der Waals surface area (Å²) in [5, 5.41) is 1.55. The zero-order valence-electron chi connectivity index (χ0n) is 12.4. The van der Waals surface area contributed by atoms with Gasteiger partial charge in [-0.05, 0) is 23.1 Å². The fourth-order valence-electron chi connectivity index (χ4n) is 3.26. The molecule has 0 radical (unpaired) electrons. The normalized spacial score (nSPS) is 23.5. The van der Waals surface area contributed by atoms with Crippen molar-refractivity contribution in [1.82, 2.24) is 15.0 Å². The lowest BCUT2D eigenvalue weighted by atomic mass is 9.82. The quantitative estimate of drug-likeness (QED) is 0.863. The van der Waals surface area contributed by atoms with Crippen molar-refractivity contribution in [1.29, 1.82) is 0 Å². The lowest BCUT2D eigenvalue weighted by Gasteiger charge is -2.32. The second-order valence-corrected chi connectivity index (χ2v) is 5.75. The largest absolute Gasteiger partial charge is 0.368 e. The van der Waals surface area contributed by atoms with Gasteiger partial charge >= 0.3 is 0 Å². The second kappa shape index (κ2) is 4.78. The van der Waals surface area contributed by atoms with Gasteiger partial charge in [-0.2, -0.15) is 0 Å². The number of nitrogens with zero attached hydrogens (tertiary/aromatic N) is 4. The average molecular weight is 295 g/mol. The molecule has 6 nitrogen and oxygen atoms in total. The molecular formula is C16H17N5O. The molecule has 0 saturated carbocycles. The molecule has 2 aliphatic rings. The van der Waals surface area contributed by atoms with Gasteiger partial charge in [0.25, 0.3) is 0 Å². The van der Waals surface area contributed by atoms with E-state index >= 15 is 0 Å². The average Bonchev–Trinajstić information content (AvgIpc) is 2.81. The van der Waals surface area contributed by atoms with E-state index in [0.29, 0.717) is 12.4 Å². The van der Waals surface area contributed by atoms with Crippen molar-refractivity contribution in [2.75, 3.05) is 7.05 Å². The van der Waals surface area contributed by atoms with Gasteiger partial charge in [-0.15, -0.1) is 0 Å². The molecule has 2 N–H and O–H groups in total. The second-order valence-electron chi connectivity index (χ2n) is 5.75. The molecule has 0 fully saturated rings. The summed E-state index contributed by atoms with van der Waals surface area (Å²) in [5.74, 6) is 0.434. The predicted octanol–water partition coefficient (Wildman–Crippen LogP) is 1.52. The van der Waals surface area contributed by atoms with Gasteiger partial charge in [0.2, 0.25) is 5.96 Å². The van der Waals surface area contributed by atoms with Gasteiger partial charge in [0.15, 0.2) is 5.72 Å². The lowest BCUT2D eigenvalue weighted by Crippen LogP contribution is -2.37. The first kappa shape index (κ1) is 13.2. The summed E-state index contributed by atoms with van der Waals surface area (Å²) in [6, 6.07) is 6.35. The SMILES string of the molecule is CN1OC2(CCc3cccc(-c4cncnc4)c3C2)N=C1N. The molecule has 1 aliphatic heterocycles. The molecule has 1 aromatic heterocycles. The first-order valence-corrected chi connectivity index (χ1v) is 7.31. The van der Waals surface area contributed by atoms with Crippen LogP contribution in [0.1, 0.15) is 17.5 Å². The number of aliphatic imine (C=N–C) groups is 1. The van der Waals surface area contributed by atoms with Gasteiger partial charge in [-0.1, -0.05) is 18.2 Å². The van der Waals surface area contributed by atoms with Crippen LogP contribution in [0.25, 0.3) is 11.1 Å². The summed E-state index contributed by atoms with van der Waals surface area (Å²) in [4.78, 5) is 18.7. The molecule has 112 valence electrons. The monoisotopic (exact) mass is 295 g/mol. The minimum Gasteiger partial charge on any atom is -0.368 e. The van der Waals surface area contributed by atoms with Crippen molar-refractivity contribution in [3.8, 4) is 11.1 Å². The minimum absolute atomic E-state index is 0.434. The van der Waals surface area contributed by atoms with Gasteiger partial charge in [-0.25, -0.2) is 24.9 Å². The molecule has 1 atom stereocenters. The van der Waals surface area contributed by atoms with Crippen molar-refractivity contribution in [2.24, 2.45) is 10.7 Å². The lowest BCUT2D eigenvalue weighted by molar-refractivity contribution is -0.171. The smallest absolute Gasteiger partial charge is 0.218 e. The van der Waals surface area contributed by atoms with Gasteiger partial charge in [0, 0.05) is 37.8 Å². The number of nitrogens with two attached hydrogens (primary N) is 1. The van der Waals surface area contributed by atoms with E-state index in [2.05, 4.69) is 33.2 Å². The van der Waals surface area contributed by atoms with Crippen molar-refractivity contribution in [3.63, 3.8) is 0 Å². The van der Waals surface area contributed by atoms with Crippen LogP contribution in [0.4, 0.5) is 0 Å². The van der Waals surface area contributed by atoms with E-state index in [9.17, 15) is 0 Å². The Morgan fingerprint density at radius 3 is 2.82 bits per heavy atom. The number of hydroxylamine groups is 2. The van der Waals surface area contributed by atoms with Crippen LogP contribution >= 0.6 is 0 Å². The van der Waals surface area contributed by atoms with Crippen LogP contribution in [0.15, 0.2) is 41.9 Å². The van der Waals surface area contributed by atoms with Crippen LogP contribution < -0.4 is 5.73 Å². The van der Waals surface area contributed by atoms with E-state index in [4.69, 9.17) is 10.6 Å². The molecule has 1 aromatic carbocycles. The fourth-order valence-corrected chi connectivity index (χ4v) is 3.26. The molecule has 2 heterocycles. The van der Waals surface area contributed by atoms with Crippen LogP contribution in [0, 0.1) is 0 Å². The van der Waals surface area contributed by atoms with E-state index in [1.807, 2.05) is 12.4 Å². The maximum absolute atomic E-state index is 5.92. The molecule has 1 spiro atoms.